The Morgan fingerprint density at radius 2 is 0.944 bits per heavy atom. The molecule has 0 aliphatic rings. The molecule has 0 atom stereocenters. The summed E-state index contributed by atoms with van der Waals surface area (Å²) in [6.45, 7) is 0. The zero-order valence-corrected chi connectivity index (χ0v) is 11.4. The van der Waals surface area contributed by atoms with Crippen molar-refractivity contribution in [3.8, 4) is 11.5 Å². The number of hydrogen-bond acceptors (Lipinski definition) is 4. The lowest BCUT2D eigenvalue weighted by molar-refractivity contribution is 0.474. The topological polar surface area (TPSA) is 40.5 Å². The van der Waals surface area contributed by atoms with E-state index in [1.54, 1.807) is 47.8 Å². The van der Waals surface area contributed by atoms with Gasteiger partial charge in [-0.05, 0) is 48.5 Å². The van der Waals surface area contributed by atoms with Gasteiger partial charge >= 0.3 is 0 Å². The monoisotopic (exact) mass is 278 g/mol. The van der Waals surface area contributed by atoms with E-state index in [2.05, 4.69) is 0 Å². The van der Waals surface area contributed by atoms with Gasteiger partial charge in [-0.25, -0.2) is 0 Å². The van der Waals surface area contributed by atoms with E-state index in [9.17, 15) is 0 Å². The highest BCUT2D eigenvalue weighted by atomic mass is 32.2. The maximum atomic E-state index is 9.17. The van der Waals surface area contributed by atoms with Gasteiger partial charge in [0.25, 0.3) is 0 Å². The number of phenols is 2. The highest BCUT2D eigenvalue weighted by molar-refractivity contribution is 8.03. The molecule has 0 amide bonds. The first-order chi connectivity index (χ1) is 8.74. The van der Waals surface area contributed by atoms with Crippen LogP contribution >= 0.6 is 23.5 Å². The van der Waals surface area contributed by atoms with Gasteiger partial charge in [0.1, 0.15) is 11.5 Å². The van der Waals surface area contributed by atoms with Gasteiger partial charge < -0.3 is 10.2 Å². The summed E-state index contributed by atoms with van der Waals surface area (Å²) in [5.41, 5.74) is 0. The molecule has 2 aromatic rings. The number of phenolic OH excluding ortho intramolecular Hbond substituents is 2. The average Bonchev–Trinajstić information content (AvgIpc) is 2.39. The number of hydrogen-bond donors (Lipinski definition) is 2. The molecule has 2 rings (SSSR count). The molecule has 2 nitrogen and oxygen atoms in total. The molecule has 2 aromatic carbocycles. The summed E-state index contributed by atoms with van der Waals surface area (Å²) in [6.07, 6.45) is 0. The molecule has 18 heavy (non-hydrogen) atoms. The van der Waals surface area contributed by atoms with Crippen LogP contribution in [-0.2, 0) is 0 Å². The summed E-state index contributed by atoms with van der Waals surface area (Å²) >= 11 is 3.54. The second kappa shape index (κ2) is 6.61. The summed E-state index contributed by atoms with van der Waals surface area (Å²) in [7, 11) is 0. The Kier molecular flexibility index (Phi) is 4.84. The third-order valence-corrected chi connectivity index (χ3v) is 4.58. The summed E-state index contributed by atoms with van der Waals surface area (Å²) in [5.74, 6) is 2.63. The van der Waals surface area contributed by atoms with Crippen molar-refractivity contribution in [2.24, 2.45) is 0 Å². The molecule has 0 radical (unpaired) electrons. The standard InChI is InChI=1S/C14H14O2S2/c15-11-1-5-13(6-2-11)17-9-10-18-14-7-3-12(16)4-8-14/h1-8,15-16H,9-10H2. The lowest BCUT2D eigenvalue weighted by atomic mass is 10.3. The Hall–Kier alpha value is -1.26. The lowest BCUT2D eigenvalue weighted by Crippen LogP contribution is -1.84. The smallest absolute Gasteiger partial charge is 0.115 e. The Morgan fingerprint density at radius 3 is 1.28 bits per heavy atom. The van der Waals surface area contributed by atoms with E-state index in [-0.39, 0.29) is 0 Å². The van der Waals surface area contributed by atoms with Crippen LogP contribution in [0, 0.1) is 0 Å². The van der Waals surface area contributed by atoms with Crippen LogP contribution in [0.25, 0.3) is 0 Å². The maximum absolute atomic E-state index is 9.17. The Morgan fingerprint density at radius 1 is 0.611 bits per heavy atom. The van der Waals surface area contributed by atoms with E-state index in [0.717, 1.165) is 11.5 Å². The van der Waals surface area contributed by atoms with Crippen molar-refractivity contribution in [3.63, 3.8) is 0 Å². The van der Waals surface area contributed by atoms with E-state index >= 15 is 0 Å². The second-order valence-corrected chi connectivity index (χ2v) is 6.02. The van der Waals surface area contributed by atoms with Crippen molar-refractivity contribution in [3.05, 3.63) is 48.5 Å². The molecular formula is C14H14O2S2. The van der Waals surface area contributed by atoms with Crippen LogP contribution in [0.3, 0.4) is 0 Å². The van der Waals surface area contributed by atoms with Crippen LogP contribution in [0.5, 0.6) is 11.5 Å². The largest absolute Gasteiger partial charge is 0.508 e. The molecule has 0 aromatic heterocycles. The fraction of sp³-hybridized carbons (Fsp3) is 0.143. The Labute approximate surface area is 115 Å². The molecule has 0 unspecified atom stereocenters. The molecule has 0 aliphatic carbocycles. The van der Waals surface area contributed by atoms with Crippen molar-refractivity contribution in [1.82, 2.24) is 0 Å². The summed E-state index contributed by atoms with van der Waals surface area (Å²) in [5, 5.41) is 18.3. The predicted molar refractivity (Wildman–Crippen MR) is 77.7 cm³/mol. The van der Waals surface area contributed by atoms with Crippen molar-refractivity contribution in [1.29, 1.82) is 0 Å². The number of rotatable bonds is 5. The molecule has 0 aliphatic heterocycles. The van der Waals surface area contributed by atoms with Gasteiger partial charge in [0.05, 0.1) is 0 Å². The van der Waals surface area contributed by atoms with Gasteiger partial charge in [-0.2, -0.15) is 0 Å². The molecule has 0 bridgehead atoms. The van der Waals surface area contributed by atoms with E-state index in [1.165, 1.54) is 9.79 Å². The predicted octanol–water partition coefficient (Wildman–Crippen LogP) is 3.98. The summed E-state index contributed by atoms with van der Waals surface area (Å²) in [6, 6.07) is 14.5. The van der Waals surface area contributed by atoms with Crippen LogP contribution in [0.15, 0.2) is 58.3 Å². The molecular weight excluding hydrogens is 264 g/mol. The summed E-state index contributed by atoms with van der Waals surface area (Å²) in [4.78, 5) is 2.33. The van der Waals surface area contributed by atoms with E-state index < -0.39 is 0 Å². The Bertz CT molecular complexity index is 433. The first kappa shape index (κ1) is 13.2. The lowest BCUT2D eigenvalue weighted by Gasteiger charge is -2.03. The van der Waals surface area contributed by atoms with E-state index in [4.69, 9.17) is 10.2 Å². The average molecular weight is 278 g/mol. The maximum Gasteiger partial charge on any atom is 0.115 e. The molecule has 0 fully saturated rings. The quantitative estimate of drug-likeness (QED) is 0.641. The third-order valence-electron chi connectivity index (χ3n) is 2.29. The van der Waals surface area contributed by atoms with Gasteiger partial charge in [-0.1, -0.05) is 0 Å². The van der Waals surface area contributed by atoms with Gasteiger partial charge in [0.15, 0.2) is 0 Å². The third kappa shape index (κ3) is 4.20. The van der Waals surface area contributed by atoms with Crippen molar-refractivity contribution < 1.29 is 10.2 Å². The first-order valence-corrected chi connectivity index (χ1v) is 7.55. The van der Waals surface area contributed by atoms with Crippen molar-refractivity contribution in [2.45, 2.75) is 9.79 Å². The van der Waals surface area contributed by atoms with Crippen molar-refractivity contribution >= 4 is 23.5 Å². The number of thioether (sulfide) groups is 2. The molecule has 4 heteroatoms. The van der Waals surface area contributed by atoms with Gasteiger partial charge in [0, 0.05) is 21.3 Å². The fourth-order valence-corrected chi connectivity index (χ4v) is 3.20. The minimum Gasteiger partial charge on any atom is -0.508 e. The minimum atomic E-state index is 0.304. The van der Waals surface area contributed by atoms with Gasteiger partial charge in [-0.15, -0.1) is 23.5 Å². The Balaban J connectivity index is 1.73. The zero-order chi connectivity index (χ0) is 12.8. The van der Waals surface area contributed by atoms with E-state index in [1.807, 2.05) is 24.3 Å². The molecule has 0 heterocycles. The molecule has 94 valence electrons. The van der Waals surface area contributed by atoms with Crippen molar-refractivity contribution in [2.75, 3.05) is 11.5 Å². The van der Waals surface area contributed by atoms with Crippen LogP contribution in [0.1, 0.15) is 0 Å². The van der Waals surface area contributed by atoms with Crippen LogP contribution in [-0.4, -0.2) is 21.7 Å². The highest BCUT2D eigenvalue weighted by Crippen LogP contribution is 2.25. The molecule has 0 saturated heterocycles. The van der Waals surface area contributed by atoms with Crippen LogP contribution in [0.4, 0.5) is 0 Å². The first-order valence-electron chi connectivity index (χ1n) is 5.58. The van der Waals surface area contributed by atoms with Gasteiger partial charge in [-0.3, -0.25) is 0 Å². The molecule has 2 N–H and O–H groups in total. The minimum absolute atomic E-state index is 0.304. The van der Waals surface area contributed by atoms with Gasteiger partial charge in [0.2, 0.25) is 0 Å². The molecule has 0 spiro atoms. The van der Waals surface area contributed by atoms with Crippen LogP contribution < -0.4 is 0 Å². The fourth-order valence-electron chi connectivity index (χ4n) is 1.40. The highest BCUT2D eigenvalue weighted by Gasteiger charge is 1.97. The number of benzene rings is 2. The molecule has 0 saturated carbocycles. The summed E-state index contributed by atoms with van der Waals surface area (Å²) < 4.78 is 0. The SMILES string of the molecule is Oc1ccc(SCCSc2ccc(O)cc2)cc1. The number of aromatic hydroxyl groups is 2. The normalized spacial score (nSPS) is 10.4. The second-order valence-electron chi connectivity index (χ2n) is 3.68. The zero-order valence-electron chi connectivity index (χ0n) is 9.74. The van der Waals surface area contributed by atoms with E-state index in [0.29, 0.717) is 11.5 Å². The van der Waals surface area contributed by atoms with Crippen LogP contribution in [0.2, 0.25) is 0 Å².